The predicted molar refractivity (Wildman–Crippen MR) is 151 cm³/mol. The summed E-state index contributed by atoms with van der Waals surface area (Å²) < 4.78 is 18.6. The number of morpholine rings is 1. The van der Waals surface area contributed by atoms with Gasteiger partial charge in [0.15, 0.2) is 0 Å². The SMILES string of the molecule is CC(C)C1(OC(=O)C2C3CC4C2C(=O)N(C(C)(C)C)C4C3OC(=O)CCN2CCOCC2)C2CC3CC(C2)CC1C3. The summed E-state index contributed by atoms with van der Waals surface area (Å²) in [6.45, 7) is 14.3. The average molecular weight is 571 g/mol. The first-order valence-corrected chi connectivity index (χ1v) is 16.5. The molecule has 6 bridgehead atoms. The van der Waals surface area contributed by atoms with Crippen LogP contribution < -0.4 is 0 Å². The number of likely N-dealkylation sites (tertiary alicyclic amines) is 1. The van der Waals surface area contributed by atoms with Crippen molar-refractivity contribution in [1.29, 1.82) is 0 Å². The molecule has 0 radical (unpaired) electrons. The molecular formula is C33H50N2O6. The molecule has 0 aromatic carbocycles. The van der Waals surface area contributed by atoms with Gasteiger partial charge in [0.25, 0.3) is 0 Å². The number of amides is 1. The van der Waals surface area contributed by atoms with Gasteiger partial charge in [0.2, 0.25) is 5.91 Å². The van der Waals surface area contributed by atoms with E-state index in [-0.39, 0.29) is 47.6 Å². The quantitative estimate of drug-likeness (QED) is 0.429. The van der Waals surface area contributed by atoms with Gasteiger partial charge >= 0.3 is 11.9 Å². The van der Waals surface area contributed by atoms with E-state index >= 15 is 0 Å². The van der Waals surface area contributed by atoms with E-state index in [1.807, 2.05) is 4.90 Å². The molecule has 1 amide bonds. The summed E-state index contributed by atoms with van der Waals surface area (Å²) in [7, 11) is 0. The van der Waals surface area contributed by atoms with Crippen LogP contribution in [0.4, 0.5) is 0 Å². The fourth-order valence-corrected chi connectivity index (χ4v) is 11.2. The van der Waals surface area contributed by atoms with Gasteiger partial charge in [-0.2, -0.15) is 0 Å². The van der Waals surface area contributed by atoms with Crippen LogP contribution in [0.15, 0.2) is 0 Å². The van der Waals surface area contributed by atoms with Gasteiger partial charge in [-0.15, -0.1) is 0 Å². The Morgan fingerprint density at radius 2 is 1.61 bits per heavy atom. The van der Waals surface area contributed by atoms with Crippen LogP contribution in [-0.4, -0.2) is 83.8 Å². The molecule has 2 saturated heterocycles. The fourth-order valence-electron chi connectivity index (χ4n) is 11.2. The van der Waals surface area contributed by atoms with Crippen LogP contribution in [0.2, 0.25) is 0 Å². The molecular weight excluding hydrogens is 520 g/mol. The van der Waals surface area contributed by atoms with Gasteiger partial charge < -0.3 is 19.1 Å². The first-order valence-electron chi connectivity index (χ1n) is 16.5. The second-order valence-corrected chi connectivity index (χ2v) is 15.9. The zero-order chi connectivity index (χ0) is 28.8. The number of carbonyl (C=O) groups excluding carboxylic acids is 3. The van der Waals surface area contributed by atoms with Crippen molar-refractivity contribution in [2.75, 3.05) is 32.8 Å². The molecule has 0 aromatic heterocycles. The minimum atomic E-state index is -0.527. The zero-order valence-corrected chi connectivity index (χ0v) is 25.7. The minimum absolute atomic E-state index is 0.0369. The summed E-state index contributed by atoms with van der Waals surface area (Å²) in [4.78, 5) is 45.9. The van der Waals surface area contributed by atoms with E-state index in [1.54, 1.807) is 0 Å². The molecule has 6 atom stereocenters. The van der Waals surface area contributed by atoms with Crippen molar-refractivity contribution in [1.82, 2.24) is 9.80 Å². The molecule has 2 heterocycles. The van der Waals surface area contributed by atoms with Crippen molar-refractivity contribution in [3.05, 3.63) is 0 Å². The third kappa shape index (κ3) is 4.31. The Kier molecular flexibility index (Phi) is 6.81. The molecule has 8 heteroatoms. The molecule has 228 valence electrons. The maximum atomic E-state index is 14.4. The number of esters is 2. The van der Waals surface area contributed by atoms with Crippen molar-refractivity contribution in [3.63, 3.8) is 0 Å². The van der Waals surface area contributed by atoms with Crippen LogP contribution in [0.5, 0.6) is 0 Å². The Morgan fingerprint density at radius 3 is 2.20 bits per heavy atom. The number of hydrogen-bond acceptors (Lipinski definition) is 7. The van der Waals surface area contributed by atoms with Crippen molar-refractivity contribution >= 4 is 17.8 Å². The van der Waals surface area contributed by atoms with Crippen molar-refractivity contribution in [2.45, 2.75) is 103 Å². The normalized spacial score (nSPS) is 44.7. The number of rotatable bonds is 7. The Hall–Kier alpha value is -1.67. The Morgan fingerprint density at radius 1 is 0.976 bits per heavy atom. The van der Waals surface area contributed by atoms with Crippen molar-refractivity contribution in [3.8, 4) is 0 Å². The third-order valence-electron chi connectivity index (χ3n) is 12.5. The van der Waals surface area contributed by atoms with E-state index in [1.165, 1.54) is 32.1 Å². The Labute approximate surface area is 245 Å². The van der Waals surface area contributed by atoms with Crippen LogP contribution in [-0.2, 0) is 28.6 Å². The number of hydrogen-bond donors (Lipinski definition) is 0. The summed E-state index contributed by atoms with van der Waals surface area (Å²) >= 11 is 0. The van der Waals surface area contributed by atoms with Gasteiger partial charge in [-0.25, -0.2) is 0 Å². The first kappa shape index (κ1) is 28.1. The van der Waals surface area contributed by atoms with Gasteiger partial charge in [0.05, 0.1) is 37.5 Å². The van der Waals surface area contributed by atoms with Crippen LogP contribution in [0.1, 0.15) is 79.6 Å². The van der Waals surface area contributed by atoms with Crippen LogP contribution >= 0.6 is 0 Å². The van der Waals surface area contributed by atoms with Gasteiger partial charge in [0.1, 0.15) is 11.7 Å². The van der Waals surface area contributed by atoms with E-state index in [2.05, 4.69) is 39.5 Å². The highest BCUT2D eigenvalue weighted by Gasteiger charge is 2.73. The molecule has 0 spiro atoms. The molecule has 6 aliphatic carbocycles. The highest BCUT2D eigenvalue weighted by atomic mass is 16.6. The van der Waals surface area contributed by atoms with Crippen molar-refractivity contribution < 1.29 is 28.6 Å². The topological polar surface area (TPSA) is 85.4 Å². The van der Waals surface area contributed by atoms with Gasteiger partial charge in [-0.3, -0.25) is 19.3 Å². The smallest absolute Gasteiger partial charge is 0.310 e. The second kappa shape index (κ2) is 9.93. The maximum Gasteiger partial charge on any atom is 0.310 e. The number of nitrogens with zero attached hydrogens (tertiary/aromatic N) is 2. The molecule has 0 N–H and O–H groups in total. The summed E-state index contributed by atoms with van der Waals surface area (Å²) in [5, 5.41) is 0. The molecule has 0 aromatic rings. The van der Waals surface area contributed by atoms with Crippen LogP contribution in [0, 0.1) is 53.3 Å². The summed E-state index contributed by atoms with van der Waals surface area (Å²) in [6, 6.07) is -0.158. The van der Waals surface area contributed by atoms with Crippen LogP contribution in [0.3, 0.4) is 0 Å². The fraction of sp³-hybridized carbons (Fsp3) is 0.909. The summed E-state index contributed by atoms with van der Waals surface area (Å²) in [5.41, 5.74) is -0.844. The standard InChI is InChI=1S/C33H50N2O6/c1-18(2)33(21-13-19-12-20(15-21)16-22(33)14-19)41-31(38)27-24-17-23-26(27)30(37)35(32(3,4)5)28(23)29(24)40-25(36)6-7-34-8-10-39-11-9-34/h18-24,26-29H,6-17H2,1-5H3. The summed E-state index contributed by atoms with van der Waals surface area (Å²) in [6.07, 6.45) is 6.62. The summed E-state index contributed by atoms with van der Waals surface area (Å²) in [5.74, 6) is 1.27. The lowest BCUT2D eigenvalue weighted by atomic mass is 9.47. The van der Waals surface area contributed by atoms with E-state index in [0.29, 0.717) is 38.0 Å². The predicted octanol–water partition coefficient (Wildman–Crippen LogP) is 3.91. The minimum Gasteiger partial charge on any atom is -0.460 e. The Bertz CT molecular complexity index is 1050. The zero-order valence-electron chi connectivity index (χ0n) is 25.7. The monoisotopic (exact) mass is 570 g/mol. The van der Waals surface area contributed by atoms with E-state index < -0.39 is 23.2 Å². The number of carbonyl (C=O) groups is 3. The highest BCUT2D eigenvalue weighted by Crippen LogP contribution is 2.64. The van der Waals surface area contributed by atoms with Gasteiger partial charge in [0, 0.05) is 31.1 Å². The average Bonchev–Trinajstić information content (AvgIpc) is 3.52. The lowest BCUT2D eigenvalue weighted by Crippen LogP contribution is -2.63. The van der Waals surface area contributed by atoms with Crippen LogP contribution in [0.25, 0.3) is 0 Å². The molecule has 2 aliphatic heterocycles. The van der Waals surface area contributed by atoms with E-state index in [0.717, 1.165) is 31.3 Å². The van der Waals surface area contributed by atoms with Crippen molar-refractivity contribution in [2.24, 2.45) is 53.3 Å². The molecule has 6 unspecified atom stereocenters. The Balaban J connectivity index is 1.14. The lowest BCUT2D eigenvalue weighted by molar-refractivity contribution is -0.231. The maximum absolute atomic E-state index is 14.4. The lowest BCUT2D eigenvalue weighted by Gasteiger charge is -2.62. The first-order chi connectivity index (χ1) is 19.5. The van der Waals surface area contributed by atoms with E-state index in [4.69, 9.17) is 14.2 Å². The largest absolute Gasteiger partial charge is 0.460 e. The molecule has 8 fully saturated rings. The molecule has 8 nitrogen and oxygen atoms in total. The number of ether oxygens (including phenoxy) is 3. The molecule has 41 heavy (non-hydrogen) atoms. The van der Waals surface area contributed by atoms with Gasteiger partial charge in [-0.05, 0) is 94.8 Å². The van der Waals surface area contributed by atoms with E-state index in [9.17, 15) is 14.4 Å². The van der Waals surface area contributed by atoms with Gasteiger partial charge in [-0.1, -0.05) is 13.8 Å². The second-order valence-electron chi connectivity index (χ2n) is 15.9. The molecule has 8 rings (SSSR count). The highest BCUT2D eigenvalue weighted by molar-refractivity contribution is 5.91. The molecule has 6 saturated carbocycles. The third-order valence-corrected chi connectivity index (χ3v) is 12.5. The number of fused-ring (bicyclic) bond motifs is 1. The molecule has 8 aliphatic rings.